The zero-order valence-corrected chi connectivity index (χ0v) is 13.4. The number of hydrogen-bond donors (Lipinski definition) is 1. The number of carbonyl (C=O) groups is 1. The Labute approximate surface area is 133 Å². The minimum atomic E-state index is 0.338. The zero-order valence-electron chi connectivity index (χ0n) is 13.4. The van der Waals surface area contributed by atoms with Gasteiger partial charge in [-0.05, 0) is 56.2 Å². The molecule has 1 N–H and O–H groups in total. The van der Waals surface area contributed by atoms with Gasteiger partial charge in [0.15, 0.2) is 0 Å². The van der Waals surface area contributed by atoms with E-state index in [2.05, 4.69) is 53.6 Å². The molecule has 1 fully saturated rings. The monoisotopic (exact) mass is 298 g/mol. The van der Waals surface area contributed by atoms with Crippen molar-refractivity contribution in [3.8, 4) is 0 Å². The molecule has 0 bridgehead atoms. The second-order valence-corrected chi connectivity index (χ2v) is 6.64. The Morgan fingerprint density at radius 2 is 2.09 bits per heavy atom. The highest BCUT2D eigenvalue weighted by molar-refractivity contribution is 5.76. The van der Waals surface area contributed by atoms with E-state index in [4.69, 9.17) is 0 Å². The van der Waals surface area contributed by atoms with Crippen LogP contribution in [0.3, 0.4) is 0 Å². The molecule has 0 saturated carbocycles. The summed E-state index contributed by atoms with van der Waals surface area (Å²) in [6, 6.07) is 8.99. The van der Waals surface area contributed by atoms with Crippen molar-refractivity contribution in [2.45, 2.75) is 45.1 Å². The normalized spacial score (nSPS) is 22.0. The maximum atomic E-state index is 12.3. The van der Waals surface area contributed by atoms with E-state index >= 15 is 0 Å². The number of carbonyl (C=O) groups excluding carboxylic acids is 1. The quantitative estimate of drug-likeness (QED) is 0.859. The number of nitrogens with zero attached hydrogens (tertiary/aromatic N) is 1. The van der Waals surface area contributed by atoms with E-state index < -0.39 is 0 Å². The number of allylic oxidation sites excluding steroid dienone is 2. The summed E-state index contributed by atoms with van der Waals surface area (Å²) in [6.45, 7) is 3.89. The Morgan fingerprint density at radius 3 is 2.77 bits per heavy atom. The molecular weight excluding hydrogens is 272 g/mol. The third-order valence-corrected chi connectivity index (χ3v) is 4.79. The molecule has 118 valence electrons. The zero-order chi connectivity index (χ0) is 15.4. The van der Waals surface area contributed by atoms with Gasteiger partial charge in [0.25, 0.3) is 0 Å². The lowest BCUT2D eigenvalue weighted by Gasteiger charge is -2.33. The van der Waals surface area contributed by atoms with Gasteiger partial charge in [0.1, 0.15) is 0 Å². The van der Waals surface area contributed by atoms with E-state index in [1.54, 1.807) is 0 Å². The molecule has 3 nitrogen and oxygen atoms in total. The van der Waals surface area contributed by atoms with Gasteiger partial charge in [0.2, 0.25) is 5.91 Å². The van der Waals surface area contributed by atoms with Crippen molar-refractivity contribution in [1.29, 1.82) is 0 Å². The fourth-order valence-electron chi connectivity index (χ4n) is 3.46. The third kappa shape index (κ3) is 3.90. The molecule has 0 spiro atoms. The smallest absolute Gasteiger partial charge is 0.223 e. The fraction of sp³-hybridized carbons (Fsp3) is 0.526. The van der Waals surface area contributed by atoms with Gasteiger partial charge in [-0.1, -0.05) is 24.3 Å². The van der Waals surface area contributed by atoms with Crippen molar-refractivity contribution in [3.63, 3.8) is 0 Å². The Balaban J connectivity index is 1.45. The van der Waals surface area contributed by atoms with E-state index in [9.17, 15) is 4.79 Å². The van der Waals surface area contributed by atoms with Crippen LogP contribution in [0.4, 0.5) is 5.69 Å². The molecule has 1 atom stereocenters. The van der Waals surface area contributed by atoms with Crippen LogP contribution in [0.2, 0.25) is 0 Å². The van der Waals surface area contributed by atoms with Crippen LogP contribution in [0.25, 0.3) is 0 Å². The molecule has 3 rings (SSSR count). The molecule has 0 unspecified atom stereocenters. The first kappa shape index (κ1) is 15.1. The Kier molecular flexibility index (Phi) is 4.81. The number of hydrogen-bond acceptors (Lipinski definition) is 2. The van der Waals surface area contributed by atoms with Crippen LogP contribution in [0.15, 0.2) is 36.4 Å². The molecular formula is C19H26N2O. The summed E-state index contributed by atoms with van der Waals surface area (Å²) in [5, 5.41) is 3.61. The number of likely N-dealkylation sites (tertiary alicyclic amines) is 1. The Bertz CT molecular complexity index is 544. The molecule has 1 aliphatic heterocycles. The first-order valence-corrected chi connectivity index (χ1v) is 8.48. The van der Waals surface area contributed by atoms with Crippen molar-refractivity contribution in [2.24, 2.45) is 5.92 Å². The lowest BCUT2D eigenvalue weighted by molar-refractivity contribution is -0.132. The van der Waals surface area contributed by atoms with Gasteiger partial charge in [-0.2, -0.15) is 0 Å². The average Bonchev–Trinajstić information content (AvgIpc) is 3.01. The Morgan fingerprint density at radius 1 is 1.27 bits per heavy atom. The van der Waals surface area contributed by atoms with Crippen molar-refractivity contribution in [1.82, 2.24) is 4.90 Å². The standard InChI is InChI=1S/C19H26N2O/c1-15-5-4-8-18(13-15)20-17-9-11-21(12-10-17)19(22)14-16-6-2-3-7-16/h2,4-6,8,13,16-17,20H,3,7,9-12,14H2,1H3/t16-/m1/s1. The predicted molar refractivity (Wildman–Crippen MR) is 90.9 cm³/mol. The predicted octanol–water partition coefficient (Wildman–Crippen LogP) is 3.75. The average molecular weight is 298 g/mol. The third-order valence-electron chi connectivity index (χ3n) is 4.79. The number of aryl methyl sites for hydroxylation is 1. The highest BCUT2D eigenvalue weighted by Gasteiger charge is 2.24. The molecule has 1 heterocycles. The van der Waals surface area contributed by atoms with E-state index in [0.29, 0.717) is 24.3 Å². The summed E-state index contributed by atoms with van der Waals surface area (Å²) in [5.41, 5.74) is 2.48. The lowest BCUT2D eigenvalue weighted by Crippen LogP contribution is -2.42. The summed E-state index contributed by atoms with van der Waals surface area (Å²) in [6.07, 6.45) is 9.49. The number of nitrogens with one attached hydrogen (secondary N) is 1. The van der Waals surface area contributed by atoms with Gasteiger partial charge < -0.3 is 10.2 Å². The van der Waals surface area contributed by atoms with Crippen molar-refractivity contribution >= 4 is 11.6 Å². The molecule has 22 heavy (non-hydrogen) atoms. The van der Waals surface area contributed by atoms with Crippen LogP contribution in [-0.4, -0.2) is 29.9 Å². The van der Waals surface area contributed by atoms with Crippen molar-refractivity contribution in [3.05, 3.63) is 42.0 Å². The maximum absolute atomic E-state index is 12.3. The van der Waals surface area contributed by atoms with Gasteiger partial charge in [0, 0.05) is 31.2 Å². The van der Waals surface area contributed by atoms with Crippen LogP contribution in [0, 0.1) is 12.8 Å². The summed E-state index contributed by atoms with van der Waals surface area (Å²) in [4.78, 5) is 14.4. The SMILES string of the molecule is Cc1cccc(NC2CCN(C(=O)C[C@@H]3C=CCC3)CC2)c1. The molecule has 1 saturated heterocycles. The van der Waals surface area contributed by atoms with Crippen LogP contribution in [0.1, 0.15) is 37.7 Å². The molecule has 1 aromatic carbocycles. The first-order chi connectivity index (χ1) is 10.7. The molecule has 1 amide bonds. The summed E-state index contributed by atoms with van der Waals surface area (Å²) in [7, 11) is 0. The van der Waals surface area contributed by atoms with Gasteiger partial charge in [-0.25, -0.2) is 0 Å². The highest BCUT2D eigenvalue weighted by atomic mass is 16.2. The molecule has 3 heteroatoms. The second-order valence-electron chi connectivity index (χ2n) is 6.64. The number of benzene rings is 1. The van der Waals surface area contributed by atoms with Crippen LogP contribution in [-0.2, 0) is 4.79 Å². The number of anilines is 1. The minimum absolute atomic E-state index is 0.338. The number of piperidine rings is 1. The largest absolute Gasteiger partial charge is 0.382 e. The van der Waals surface area contributed by atoms with E-state index in [1.807, 2.05) is 0 Å². The molecule has 1 aliphatic carbocycles. The highest BCUT2D eigenvalue weighted by Crippen LogP contribution is 2.23. The second kappa shape index (κ2) is 6.99. The summed E-state index contributed by atoms with van der Waals surface area (Å²) in [5.74, 6) is 0.821. The summed E-state index contributed by atoms with van der Waals surface area (Å²) >= 11 is 0. The van der Waals surface area contributed by atoms with Gasteiger partial charge >= 0.3 is 0 Å². The topological polar surface area (TPSA) is 32.3 Å². The summed E-state index contributed by atoms with van der Waals surface area (Å²) < 4.78 is 0. The Hall–Kier alpha value is -1.77. The first-order valence-electron chi connectivity index (χ1n) is 8.48. The van der Waals surface area contributed by atoms with E-state index in [-0.39, 0.29) is 0 Å². The minimum Gasteiger partial charge on any atom is -0.382 e. The maximum Gasteiger partial charge on any atom is 0.223 e. The van der Waals surface area contributed by atoms with Gasteiger partial charge in [0.05, 0.1) is 0 Å². The number of rotatable bonds is 4. The lowest BCUT2D eigenvalue weighted by atomic mass is 10.0. The molecule has 1 aromatic rings. The van der Waals surface area contributed by atoms with Gasteiger partial charge in [-0.15, -0.1) is 0 Å². The molecule has 0 radical (unpaired) electrons. The van der Waals surface area contributed by atoms with Crippen molar-refractivity contribution in [2.75, 3.05) is 18.4 Å². The fourth-order valence-corrected chi connectivity index (χ4v) is 3.46. The molecule has 2 aliphatic rings. The number of amides is 1. The van der Waals surface area contributed by atoms with Crippen molar-refractivity contribution < 1.29 is 4.79 Å². The van der Waals surface area contributed by atoms with E-state index in [1.165, 1.54) is 11.3 Å². The van der Waals surface area contributed by atoms with Crippen LogP contribution < -0.4 is 5.32 Å². The van der Waals surface area contributed by atoms with Crippen LogP contribution in [0.5, 0.6) is 0 Å². The van der Waals surface area contributed by atoms with Crippen LogP contribution >= 0.6 is 0 Å². The van der Waals surface area contributed by atoms with Gasteiger partial charge in [-0.3, -0.25) is 4.79 Å². The van der Waals surface area contributed by atoms with E-state index in [0.717, 1.165) is 38.8 Å². The molecule has 0 aromatic heterocycles.